The molecule has 3 aliphatic heterocycles. The molecule has 1 aromatic carbocycles. The van der Waals surface area contributed by atoms with Gasteiger partial charge in [-0.05, 0) is 49.3 Å². The van der Waals surface area contributed by atoms with Crippen LogP contribution in [-0.2, 0) is 22.7 Å². The van der Waals surface area contributed by atoms with Crippen molar-refractivity contribution >= 4 is 17.7 Å². The van der Waals surface area contributed by atoms with Crippen LogP contribution in [-0.4, -0.2) is 47.3 Å². The Bertz CT molecular complexity index is 866. The van der Waals surface area contributed by atoms with Gasteiger partial charge in [0.05, 0.1) is 0 Å². The van der Waals surface area contributed by atoms with E-state index in [0.717, 1.165) is 37.2 Å². The Morgan fingerprint density at radius 3 is 2.69 bits per heavy atom. The summed E-state index contributed by atoms with van der Waals surface area (Å²) in [4.78, 5) is 37.9. The van der Waals surface area contributed by atoms with Crippen molar-refractivity contribution < 1.29 is 14.4 Å². The molecule has 0 aromatic heterocycles. The summed E-state index contributed by atoms with van der Waals surface area (Å²) in [6, 6.07) is 5.34. The zero-order chi connectivity index (χ0) is 20.8. The summed E-state index contributed by atoms with van der Waals surface area (Å²) in [7, 11) is 0. The molecule has 0 saturated carbocycles. The van der Waals surface area contributed by atoms with Crippen molar-refractivity contribution in [1.29, 1.82) is 0 Å². The lowest BCUT2D eigenvalue weighted by atomic mass is 9.84. The van der Waals surface area contributed by atoms with Crippen molar-refractivity contribution in [1.82, 2.24) is 20.9 Å². The van der Waals surface area contributed by atoms with Crippen LogP contribution < -0.4 is 16.0 Å². The van der Waals surface area contributed by atoms with Gasteiger partial charge in [0.1, 0.15) is 6.04 Å². The number of carbonyl (C=O) groups excluding carboxylic acids is 3. The van der Waals surface area contributed by atoms with E-state index in [9.17, 15) is 14.4 Å². The van der Waals surface area contributed by atoms with Crippen LogP contribution in [0.3, 0.4) is 0 Å². The number of imide groups is 1. The first-order chi connectivity index (χ1) is 13.7. The Balaban J connectivity index is 1.38. The van der Waals surface area contributed by atoms with Crippen molar-refractivity contribution in [2.24, 2.45) is 5.41 Å². The number of hydrogen-bond donors (Lipinski definition) is 3. The molecule has 29 heavy (non-hydrogen) atoms. The lowest BCUT2D eigenvalue weighted by Gasteiger charge is -2.29. The lowest BCUT2D eigenvalue weighted by molar-refractivity contribution is -0.136. The maximum atomic E-state index is 12.8. The molecule has 2 saturated heterocycles. The van der Waals surface area contributed by atoms with E-state index in [2.05, 4.69) is 42.8 Å². The third-order valence-corrected chi connectivity index (χ3v) is 6.33. The van der Waals surface area contributed by atoms with Crippen LogP contribution in [0.5, 0.6) is 0 Å². The molecule has 0 spiro atoms. The first kappa shape index (κ1) is 20.0. The van der Waals surface area contributed by atoms with Crippen molar-refractivity contribution in [2.45, 2.75) is 64.7 Å². The molecule has 0 bridgehead atoms. The number of fused-ring (bicyclic) bond motifs is 1. The topological polar surface area (TPSA) is 90.5 Å². The smallest absolute Gasteiger partial charge is 0.255 e. The van der Waals surface area contributed by atoms with Gasteiger partial charge in [0.25, 0.3) is 5.91 Å². The molecule has 3 amide bonds. The van der Waals surface area contributed by atoms with Crippen LogP contribution in [0.25, 0.3) is 0 Å². The molecule has 7 heteroatoms. The van der Waals surface area contributed by atoms with Gasteiger partial charge in [-0.15, -0.1) is 0 Å². The fourth-order valence-electron chi connectivity index (χ4n) is 5.02. The fourth-order valence-corrected chi connectivity index (χ4v) is 5.02. The highest BCUT2D eigenvalue weighted by Gasteiger charge is 2.40. The molecule has 0 aliphatic carbocycles. The number of carbonyl (C=O) groups is 3. The highest BCUT2D eigenvalue weighted by Crippen LogP contribution is 2.34. The minimum Gasteiger partial charge on any atom is -0.322 e. The summed E-state index contributed by atoms with van der Waals surface area (Å²) in [5.74, 6) is -0.760. The van der Waals surface area contributed by atoms with Crippen LogP contribution in [0.15, 0.2) is 18.2 Å². The summed E-state index contributed by atoms with van der Waals surface area (Å²) < 4.78 is 0. The predicted molar refractivity (Wildman–Crippen MR) is 109 cm³/mol. The number of amides is 3. The molecule has 3 heterocycles. The third-order valence-electron chi connectivity index (χ3n) is 6.33. The Morgan fingerprint density at radius 2 is 2.00 bits per heavy atom. The van der Waals surface area contributed by atoms with Crippen molar-refractivity contribution in [3.8, 4) is 0 Å². The van der Waals surface area contributed by atoms with Gasteiger partial charge in [-0.2, -0.15) is 0 Å². The van der Waals surface area contributed by atoms with E-state index >= 15 is 0 Å². The predicted octanol–water partition coefficient (Wildman–Crippen LogP) is 1.32. The second kappa shape index (κ2) is 7.22. The largest absolute Gasteiger partial charge is 0.322 e. The van der Waals surface area contributed by atoms with E-state index in [1.807, 2.05) is 12.1 Å². The fraction of sp³-hybridized carbons (Fsp3) is 0.591. The molecule has 4 rings (SSSR count). The molecule has 156 valence electrons. The van der Waals surface area contributed by atoms with Gasteiger partial charge in [-0.25, -0.2) is 0 Å². The summed E-state index contributed by atoms with van der Waals surface area (Å²) in [5.41, 5.74) is 3.17. The molecular formula is C22H30N4O3. The molecule has 3 N–H and O–H groups in total. The maximum absolute atomic E-state index is 12.8. The van der Waals surface area contributed by atoms with Gasteiger partial charge in [0.2, 0.25) is 11.8 Å². The third kappa shape index (κ3) is 4.07. The van der Waals surface area contributed by atoms with Crippen LogP contribution in [0.2, 0.25) is 0 Å². The van der Waals surface area contributed by atoms with Crippen molar-refractivity contribution in [3.05, 3.63) is 34.9 Å². The lowest BCUT2D eigenvalue weighted by Crippen LogP contribution is -2.52. The van der Waals surface area contributed by atoms with Crippen LogP contribution in [0, 0.1) is 5.41 Å². The first-order valence-electron chi connectivity index (χ1n) is 10.4. The van der Waals surface area contributed by atoms with Gasteiger partial charge in [-0.1, -0.05) is 19.1 Å². The van der Waals surface area contributed by atoms with E-state index in [1.165, 1.54) is 0 Å². The standard InChI is InChI=1S/C22H30N4O3/c1-21(2)11-22(3,13-24-21)12-23-9-14-4-5-16-15(8-14)10-26(20(16)29)17-6-7-18(27)25-19(17)28/h4-5,8,17,23-24H,6-7,9-13H2,1-3H3,(H,25,27,28). The zero-order valence-electron chi connectivity index (χ0n) is 17.4. The maximum Gasteiger partial charge on any atom is 0.255 e. The Hall–Kier alpha value is -2.25. The Morgan fingerprint density at radius 1 is 1.21 bits per heavy atom. The molecule has 1 aromatic rings. The highest BCUT2D eigenvalue weighted by molar-refractivity contribution is 6.05. The molecule has 2 fully saturated rings. The molecule has 2 atom stereocenters. The van der Waals surface area contributed by atoms with Gasteiger partial charge >= 0.3 is 0 Å². The number of rotatable bonds is 5. The van der Waals surface area contributed by atoms with Crippen LogP contribution in [0.4, 0.5) is 0 Å². The number of nitrogens with zero attached hydrogens (tertiary/aromatic N) is 1. The first-order valence-corrected chi connectivity index (χ1v) is 10.4. The summed E-state index contributed by atoms with van der Waals surface area (Å²) in [6.45, 7) is 9.89. The number of nitrogens with one attached hydrogen (secondary N) is 3. The normalized spacial score (nSPS) is 28.6. The Kier molecular flexibility index (Phi) is 4.99. The van der Waals surface area contributed by atoms with E-state index in [1.54, 1.807) is 4.90 Å². The molecule has 7 nitrogen and oxygen atoms in total. The van der Waals surface area contributed by atoms with Crippen LogP contribution >= 0.6 is 0 Å². The second-order valence-corrected chi connectivity index (χ2v) is 9.72. The van der Waals surface area contributed by atoms with E-state index in [4.69, 9.17) is 0 Å². The van der Waals surface area contributed by atoms with Gasteiger partial charge < -0.3 is 15.5 Å². The monoisotopic (exact) mass is 398 g/mol. The summed E-state index contributed by atoms with van der Waals surface area (Å²) in [5, 5.41) is 9.49. The van der Waals surface area contributed by atoms with E-state index in [0.29, 0.717) is 18.5 Å². The molecule has 2 unspecified atom stereocenters. The quantitative estimate of drug-likeness (QED) is 0.651. The van der Waals surface area contributed by atoms with Gasteiger partial charge in [0.15, 0.2) is 0 Å². The number of hydrogen-bond acceptors (Lipinski definition) is 5. The summed E-state index contributed by atoms with van der Waals surface area (Å²) >= 11 is 0. The Labute approximate surface area is 171 Å². The number of benzene rings is 1. The van der Waals surface area contributed by atoms with Crippen molar-refractivity contribution in [2.75, 3.05) is 13.1 Å². The van der Waals surface area contributed by atoms with Crippen molar-refractivity contribution in [3.63, 3.8) is 0 Å². The molecule has 3 aliphatic rings. The minimum absolute atomic E-state index is 0.124. The molecule has 0 radical (unpaired) electrons. The van der Waals surface area contributed by atoms with Gasteiger partial charge in [0, 0.05) is 43.7 Å². The average Bonchev–Trinajstić information content (AvgIpc) is 3.11. The highest BCUT2D eigenvalue weighted by atomic mass is 16.2. The SMILES string of the molecule is CC1(CNCc2ccc3c(c2)CN(C2CCC(=O)NC2=O)C3=O)CNC(C)(C)C1. The van der Waals surface area contributed by atoms with Crippen LogP contribution in [0.1, 0.15) is 61.5 Å². The molecular weight excluding hydrogens is 368 g/mol. The van der Waals surface area contributed by atoms with E-state index in [-0.39, 0.29) is 35.1 Å². The number of piperidine rings is 1. The second-order valence-electron chi connectivity index (χ2n) is 9.72. The van der Waals surface area contributed by atoms with Gasteiger partial charge in [-0.3, -0.25) is 19.7 Å². The average molecular weight is 399 g/mol. The van der Waals surface area contributed by atoms with E-state index < -0.39 is 6.04 Å². The summed E-state index contributed by atoms with van der Waals surface area (Å²) in [6.07, 6.45) is 1.80. The zero-order valence-corrected chi connectivity index (χ0v) is 17.4. The minimum atomic E-state index is -0.563.